The number of esters is 2. The highest BCUT2D eigenvalue weighted by molar-refractivity contribution is 5.94. The summed E-state index contributed by atoms with van der Waals surface area (Å²) in [5.74, 6) is -1.82. The summed E-state index contributed by atoms with van der Waals surface area (Å²) in [5, 5.41) is 32.2. The van der Waals surface area contributed by atoms with E-state index in [0.717, 1.165) is 12.0 Å². The highest BCUT2D eigenvalue weighted by atomic mass is 16.6. The zero-order valence-electron chi connectivity index (χ0n) is 17.4. The third-order valence-electron chi connectivity index (χ3n) is 7.32. The molecule has 4 rings (SSSR count). The Hall–Kier alpha value is -2.78. The first-order valence-corrected chi connectivity index (χ1v) is 10.3. The van der Waals surface area contributed by atoms with Crippen molar-refractivity contribution in [2.75, 3.05) is 13.2 Å². The van der Waals surface area contributed by atoms with Gasteiger partial charge in [-0.05, 0) is 41.4 Å². The molecule has 9 heteroatoms. The van der Waals surface area contributed by atoms with Crippen LogP contribution in [0.25, 0.3) is 0 Å². The molecule has 0 amide bonds. The molecular weight excluding hydrogens is 406 g/mol. The van der Waals surface area contributed by atoms with Crippen LogP contribution in [-0.2, 0) is 14.3 Å². The number of hydrogen-bond donors (Lipinski definition) is 2. The first-order valence-electron chi connectivity index (χ1n) is 10.3. The lowest BCUT2D eigenvalue weighted by molar-refractivity contribution is -0.384. The van der Waals surface area contributed by atoms with Crippen LogP contribution >= 0.6 is 0 Å². The number of fused-ring (bicyclic) bond motifs is 2. The van der Waals surface area contributed by atoms with E-state index in [-0.39, 0.29) is 30.0 Å². The number of carbonyl (C=O) groups is 2. The van der Waals surface area contributed by atoms with E-state index in [1.54, 1.807) is 0 Å². The van der Waals surface area contributed by atoms with Gasteiger partial charge in [-0.2, -0.15) is 0 Å². The number of benzene rings is 1. The van der Waals surface area contributed by atoms with Gasteiger partial charge in [0.1, 0.15) is 18.8 Å². The van der Waals surface area contributed by atoms with Crippen LogP contribution < -0.4 is 0 Å². The summed E-state index contributed by atoms with van der Waals surface area (Å²) in [6, 6.07) is 4.97. The summed E-state index contributed by atoms with van der Waals surface area (Å²) in [4.78, 5) is 35.6. The molecule has 5 atom stereocenters. The molecule has 1 saturated carbocycles. The Morgan fingerprint density at radius 1 is 1.29 bits per heavy atom. The van der Waals surface area contributed by atoms with Crippen LogP contribution in [0, 0.1) is 26.9 Å². The van der Waals surface area contributed by atoms with Crippen LogP contribution in [0.3, 0.4) is 0 Å². The molecule has 0 bridgehead atoms. The number of hydrogen-bond acceptors (Lipinski definition) is 8. The summed E-state index contributed by atoms with van der Waals surface area (Å²) in [6.07, 6.45) is -0.252. The fourth-order valence-electron chi connectivity index (χ4n) is 5.79. The predicted octanol–water partition coefficient (Wildman–Crippen LogP) is 2.15. The Morgan fingerprint density at radius 2 is 1.97 bits per heavy atom. The smallest absolute Gasteiger partial charge is 0.338 e. The van der Waals surface area contributed by atoms with Gasteiger partial charge in [-0.25, -0.2) is 9.59 Å². The minimum atomic E-state index is -1.38. The Balaban J connectivity index is 1.73. The number of nitro groups is 1. The van der Waals surface area contributed by atoms with Crippen molar-refractivity contribution in [1.82, 2.24) is 0 Å². The first kappa shape index (κ1) is 21.5. The lowest BCUT2D eigenvalue weighted by Gasteiger charge is -2.57. The molecule has 1 unspecified atom stereocenters. The summed E-state index contributed by atoms with van der Waals surface area (Å²) in [6.45, 7) is 3.80. The van der Waals surface area contributed by atoms with Gasteiger partial charge in [0.2, 0.25) is 0 Å². The van der Waals surface area contributed by atoms with Crippen molar-refractivity contribution in [3.8, 4) is 0 Å². The standard InChI is InChI=1S/C22H25NO8/c1-21(11-24)8-3-9-22(2)14-10-30-20(27)15(14)16(25)17(18(21)22)31-19(26)12-4-6-13(7-5-12)23(28)29/h4-7,16-18,24-25H,3,8-11H2,1-2H3/t16-,17+,18?,21+,22+/m0/s1. The molecule has 1 heterocycles. The van der Waals surface area contributed by atoms with Crippen molar-refractivity contribution in [3.63, 3.8) is 0 Å². The second-order valence-electron chi connectivity index (χ2n) is 9.15. The molecule has 166 valence electrons. The normalized spacial score (nSPS) is 34.6. The zero-order valence-corrected chi connectivity index (χ0v) is 17.4. The average Bonchev–Trinajstić information content (AvgIpc) is 3.14. The molecule has 3 aliphatic rings. The summed E-state index contributed by atoms with van der Waals surface area (Å²) in [7, 11) is 0. The van der Waals surface area contributed by atoms with Gasteiger partial charge in [0, 0.05) is 24.7 Å². The summed E-state index contributed by atoms with van der Waals surface area (Å²) in [5.41, 5.74) is -0.435. The van der Waals surface area contributed by atoms with E-state index in [1.807, 2.05) is 13.8 Å². The van der Waals surface area contributed by atoms with Crippen molar-refractivity contribution in [2.24, 2.45) is 16.7 Å². The van der Waals surface area contributed by atoms with E-state index in [4.69, 9.17) is 9.47 Å². The Labute approximate surface area is 178 Å². The highest BCUT2D eigenvalue weighted by Gasteiger charge is 2.62. The third-order valence-corrected chi connectivity index (χ3v) is 7.32. The van der Waals surface area contributed by atoms with Crippen LogP contribution in [0.1, 0.15) is 43.5 Å². The van der Waals surface area contributed by atoms with Gasteiger partial charge in [-0.3, -0.25) is 10.1 Å². The number of ether oxygens (including phenoxy) is 2. The van der Waals surface area contributed by atoms with Crippen molar-refractivity contribution in [1.29, 1.82) is 0 Å². The van der Waals surface area contributed by atoms with Crippen molar-refractivity contribution in [3.05, 3.63) is 51.1 Å². The van der Waals surface area contributed by atoms with Crippen LogP contribution in [0.4, 0.5) is 5.69 Å². The second kappa shape index (κ2) is 7.42. The maximum atomic E-state index is 12.9. The van der Waals surface area contributed by atoms with Crippen LogP contribution in [0.15, 0.2) is 35.4 Å². The molecular formula is C22H25NO8. The van der Waals surface area contributed by atoms with Gasteiger partial charge in [-0.1, -0.05) is 20.3 Å². The summed E-state index contributed by atoms with van der Waals surface area (Å²) >= 11 is 0. The quantitative estimate of drug-likeness (QED) is 0.420. The van der Waals surface area contributed by atoms with Gasteiger partial charge in [0.05, 0.1) is 16.1 Å². The molecule has 1 aromatic rings. The SMILES string of the molecule is C[C@]1(CO)CCC[C@]2(C)C3=C(C(=O)OC3)[C@H](O)[C@@H](OC(=O)c3ccc([N+](=O)[O-])cc3)C12. The number of rotatable bonds is 4. The first-order chi connectivity index (χ1) is 14.6. The monoisotopic (exact) mass is 431 g/mol. The van der Waals surface area contributed by atoms with Gasteiger partial charge < -0.3 is 19.7 Å². The maximum absolute atomic E-state index is 12.9. The number of cyclic esters (lactones) is 1. The zero-order chi connectivity index (χ0) is 22.6. The van der Waals surface area contributed by atoms with Crippen molar-refractivity contribution >= 4 is 17.6 Å². The Kier molecular flexibility index (Phi) is 5.13. The van der Waals surface area contributed by atoms with E-state index >= 15 is 0 Å². The number of non-ortho nitro benzene ring substituents is 1. The largest absolute Gasteiger partial charge is 0.458 e. The highest BCUT2D eigenvalue weighted by Crippen LogP contribution is 2.61. The molecule has 0 saturated heterocycles. The molecule has 2 N–H and O–H groups in total. The van der Waals surface area contributed by atoms with Gasteiger partial charge in [0.25, 0.3) is 5.69 Å². The molecule has 31 heavy (non-hydrogen) atoms. The molecule has 0 aromatic heterocycles. The molecule has 1 fully saturated rings. The van der Waals surface area contributed by atoms with E-state index in [9.17, 15) is 29.9 Å². The van der Waals surface area contributed by atoms with E-state index in [2.05, 4.69) is 0 Å². The van der Waals surface area contributed by atoms with Crippen LogP contribution in [-0.4, -0.2) is 52.5 Å². The minimum Gasteiger partial charge on any atom is -0.458 e. The minimum absolute atomic E-state index is 0.0861. The summed E-state index contributed by atoms with van der Waals surface area (Å²) < 4.78 is 11.0. The van der Waals surface area contributed by atoms with E-state index < -0.39 is 45.8 Å². The number of aliphatic hydroxyl groups is 2. The Bertz CT molecular complexity index is 970. The molecule has 1 aliphatic heterocycles. The van der Waals surface area contributed by atoms with Gasteiger partial charge in [-0.15, -0.1) is 0 Å². The fraction of sp³-hybridized carbons (Fsp3) is 0.545. The molecule has 0 radical (unpaired) electrons. The third kappa shape index (κ3) is 3.23. The van der Waals surface area contributed by atoms with Crippen molar-refractivity contribution < 1.29 is 34.2 Å². The Morgan fingerprint density at radius 3 is 2.58 bits per heavy atom. The van der Waals surface area contributed by atoms with Crippen LogP contribution in [0.2, 0.25) is 0 Å². The number of nitrogens with zero attached hydrogens (tertiary/aromatic N) is 1. The van der Waals surface area contributed by atoms with E-state index in [1.165, 1.54) is 24.3 Å². The van der Waals surface area contributed by atoms with Crippen LogP contribution in [0.5, 0.6) is 0 Å². The predicted molar refractivity (Wildman–Crippen MR) is 107 cm³/mol. The molecule has 1 aromatic carbocycles. The number of carbonyl (C=O) groups excluding carboxylic acids is 2. The second-order valence-corrected chi connectivity index (χ2v) is 9.15. The number of aliphatic hydroxyl groups excluding tert-OH is 2. The molecule has 2 aliphatic carbocycles. The lowest BCUT2D eigenvalue weighted by atomic mass is 9.48. The average molecular weight is 431 g/mol. The lowest BCUT2D eigenvalue weighted by Crippen LogP contribution is -2.60. The maximum Gasteiger partial charge on any atom is 0.338 e. The molecule has 0 spiro atoms. The molecule has 9 nitrogen and oxygen atoms in total. The topological polar surface area (TPSA) is 136 Å². The van der Waals surface area contributed by atoms with E-state index in [0.29, 0.717) is 12.8 Å². The fourth-order valence-corrected chi connectivity index (χ4v) is 5.79. The van der Waals surface area contributed by atoms with Gasteiger partial charge in [0.15, 0.2) is 0 Å². The van der Waals surface area contributed by atoms with Gasteiger partial charge >= 0.3 is 11.9 Å². The van der Waals surface area contributed by atoms with Crippen molar-refractivity contribution in [2.45, 2.75) is 45.3 Å². The number of nitro benzene ring substituents is 1.